The fourth-order valence-electron chi connectivity index (χ4n) is 3.17. The average molecular weight is 492 g/mol. The second-order valence-electron chi connectivity index (χ2n) is 7.06. The molecule has 0 spiro atoms. The Bertz CT molecular complexity index is 989. The summed E-state index contributed by atoms with van der Waals surface area (Å²) in [5, 5.41) is 0.787. The van der Waals surface area contributed by atoms with Gasteiger partial charge in [-0.1, -0.05) is 18.2 Å². The zero-order chi connectivity index (χ0) is 22.3. The maximum atomic E-state index is 13.1. The van der Waals surface area contributed by atoms with E-state index in [4.69, 9.17) is 9.47 Å². The van der Waals surface area contributed by atoms with Crippen molar-refractivity contribution >= 4 is 28.3 Å². The topological polar surface area (TPSA) is 55.8 Å². The molecule has 5 nitrogen and oxygen atoms in total. The fraction of sp³-hybridized carbons (Fsp3) is 0.364. The Morgan fingerprint density at radius 3 is 2.34 bits per heavy atom. The molecule has 2 aromatic rings. The van der Waals surface area contributed by atoms with Crippen LogP contribution in [-0.2, 0) is 20.8 Å². The Labute approximate surface area is 192 Å². The lowest BCUT2D eigenvalue weighted by Crippen LogP contribution is -2.37. The van der Waals surface area contributed by atoms with Crippen molar-refractivity contribution < 1.29 is 31.1 Å². The van der Waals surface area contributed by atoms with Crippen molar-refractivity contribution in [2.24, 2.45) is 0 Å². The van der Waals surface area contributed by atoms with Crippen LogP contribution in [-0.4, -0.2) is 52.8 Å². The van der Waals surface area contributed by atoms with Crippen LogP contribution in [0.3, 0.4) is 0 Å². The number of benzene rings is 2. The van der Waals surface area contributed by atoms with Crippen LogP contribution in [0.4, 0.5) is 13.2 Å². The first-order chi connectivity index (χ1) is 14.8. The molecule has 0 bridgehead atoms. The molecule has 1 aliphatic rings. The Morgan fingerprint density at radius 2 is 1.69 bits per heavy atom. The molecule has 2 aromatic carbocycles. The van der Waals surface area contributed by atoms with Gasteiger partial charge in [0, 0.05) is 25.0 Å². The summed E-state index contributed by atoms with van der Waals surface area (Å²) in [5.41, 5.74) is -1.10. The minimum atomic E-state index is -4.56. The molecular formula is C22H25ClF3NO4S. The van der Waals surface area contributed by atoms with Crippen molar-refractivity contribution in [2.45, 2.75) is 17.5 Å². The number of hydrogen-bond donors (Lipinski definition) is 0. The van der Waals surface area contributed by atoms with Gasteiger partial charge >= 0.3 is 6.18 Å². The number of alkyl halides is 3. The molecule has 0 unspecified atom stereocenters. The molecule has 32 heavy (non-hydrogen) atoms. The molecule has 3 rings (SSSR count). The van der Waals surface area contributed by atoms with E-state index in [0.717, 1.165) is 56.8 Å². The highest BCUT2D eigenvalue weighted by Gasteiger charge is 2.32. The highest BCUT2D eigenvalue weighted by molar-refractivity contribution is 7.94. The normalized spacial score (nSPS) is 15.5. The van der Waals surface area contributed by atoms with Crippen LogP contribution < -0.4 is 4.74 Å². The summed E-state index contributed by atoms with van der Waals surface area (Å²) < 4.78 is 75.1. The Morgan fingerprint density at radius 1 is 1.03 bits per heavy atom. The van der Waals surface area contributed by atoms with Gasteiger partial charge in [0.2, 0.25) is 0 Å². The quantitative estimate of drug-likeness (QED) is 0.502. The van der Waals surface area contributed by atoms with Gasteiger partial charge in [0.25, 0.3) is 0 Å². The second kappa shape index (κ2) is 11.7. The molecule has 1 fully saturated rings. The molecule has 0 aliphatic carbocycles. The van der Waals surface area contributed by atoms with Crippen LogP contribution in [0.2, 0.25) is 0 Å². The molecular weight excluding hydrogens is 467 g/mol. The molecule has 176 valence electrons. The lowest BCUT2D eigenvalue weighted by Gasteiger charge is -2.26. The van der Waals surface area contributed by atoms with Crippen LogP contribution in [0.5, 0.6) is 5.75 Å². The first-order valence-corrected chi connectivity index (χ1v) is 11.4. The van der Waals surface area contributed by atoms with E-state index in [1.54, 1.807) is 12.1 Å². The van der Waals surface area contributed by atoms with Crippen molar-refractivity contribution in [3.63, 3.8) is 0 Å². The number of nitrogens with zero attached hydrogens (tertiary/aromatic N) is 1. The summed E-state index contributed by atoms with van der Waals surface area (Å²) in [7, 11) is -3.90. The van der Waals surface area contributed by atoms with Gasteiger partial charge < -0.3 is 9.47 Å². The SMILES string of the molecule is Cl.O=S(=O)(/C=C/c1ccccc1C(F)(F)F)c1ccc(OCCCN2CCOCC2)cc1. The molecule has 1 saturated heterocycles. The minimum absolute atomic E-state index is 0. The number of rotatable bonds is 8. The molecule has 1 heterocycles. The van der Waals surface area contributed by atoms with E-state index in [-0.39, 0.29) is 22.9 Å². The molecule has 10 heteroatoms. The van der Waals surface area contributed by atoms with Crippen molar-refractivity contribution in [2.75, 3.05) is 39.5 Å². The molecule has 1 aliphatic heterocycles. The third-order valence-electron chi connectivity index (χ3n) is 4.84. The van der Waals surface area contributed by atoms with Gasteiger partial charge in [0.15, 0.2) is 9.84 Å². The van der Waals surface area contributed by atoms with Crippen LogP contribution in [0.1, 0.15) is 17.5 Å². The van der Waals surface area contributed by atoms with Crippen molar-refractivity contribution in [1.82, 2.24) is 4.90 Å². The highest BCUT2D eigenvalue weighted by atomic mass is 35.5. The lowest BCUT2D eigenvalue weighted by molar-refractivity contribution is -0.137. The van der Waals surface area contributed by atoms with Gasteiger partial charge in [-0.15, -0.1) is 12.4 Å². The first kappa shape index (κ1) is 26.2. The molecule has 0 N–H and O–H groups in total. The summed E-state index contributed by atoms with van der Waals surface area (Å²) in [5.74, 6) is 0.535. The van der Waals surface area contributed by atoms with Gasteiger partial charge in [-0.25, -0.2) is 8.42 Å². The second-order valence-corrected chi connectivity index (χ2v) is 8.89. The Balaban J connectivity index is 0.00000363. The van der Waals surface area contributed by atoms with Crippen LogP contribution in [0, 0.1) is 0 Å². The van der Waals surface area contributed by atoms with Crippen LogP contribution in [0.25, 0.3) is 6.08 Å². The smallest absolute Gasteiger partial charge is 0.416 e. The maximum Gasteiger partial charge on any atom is 0.416 e. The maximum absolute atomic E-state index is 13.1. The van der Waals surface area contributed by atoms with Crippen molar-refractivity contribution in [3.05, 3.63) is 65.1 Å². The summed E-state index contributed by atoms with van der Waals surface area (Å²) in [4.78, 5) is 2.28. The van der Waals surface area contributed by atoms with Crippen LogP contribution >= 0.6 is 12.4 Å². The Kier molecular flexibility index (Phi) is 9.57. The largest absolute Gasteiger partial charge is 0.494 e. The van der Waals surface area contributed by atoms with E-state index in [9.17, 15) is 21.6 Å². The summed E-state index contributed by atoms with van der Waals surface area (Å²) in [6, 6.07) is 10.7. The minimum Gasteiger partial charge on any atom is -0.494 e. The highest BCUT2D eigenvalue weighted by Crippen LogP contribution is 2.32. The van der Waals surface area contributed by atoms with E-state index >= 15 is 0 Å². The Hall–Kier alpha value is -2.07. The number of sulfone groups is 1. The monoisotopic (exact) mass is 491 g/mol. The number of morpholine rings is 1. The van der Waals surface area contributed by atoms with Gasteiger partial charge in [0.05, 0.1) is 30.3 Å². The van der Waals surface area contributed by atoms with E-state index in [1.165, 1.54) is 30.3 Å². The van der Waals surface area contributed by atoms with Crippen molar-refractivity contribution in [1.29, 1.82) is 0 Å². The molecule has 0 amide bonds. The third-order valence-corrected chi connectivity index (χ3v) is 6.26. The predicted molar refractivity (Wildman–Crippen MR) is 119 cm³/mol. The van der Waals surface area contributed by atoms with Gasteiger partial charge in [-0.05, 0) is 48.4 Å². The predicted octanol–water partition coefficient (Wildman–Crippen LogP) is 4.67. The lowest BCUT2D eigenvalue weighted by atomic mass is 10.1. The van der Waals surface area contributed by atoms with Gasteiger partial charge in [-0.3, -0.25) is 4.90 Å². The van der Waals surface area contributed by atoms with Gasteiger partial charge in [0.1, 0.15) is 5.75 Å². The average Bonchev–Trinajstić information content (AvgIpc) is 2.76. The summed E-state index contributed by atoms with van der Waals surface area (Å²) in [6.07, 6.45) is -2.76. The molecule has 0 saturated carbocycles. The molecule has 0 aromatic heterocycles. The number of halogens is 4. The number of ether oxygens (including phenoxy) is 2. The molecule has 0 atom stereocenters. The first-order valence-electron chi connectivity index (χ1n) is 9.88. The molecule has 0 radical (unpaired) electrons. The zero-order valence-corrected chi connectivity index (χ0v) is 18.9. The van der Waals surface area contributed by atoms with Gasteiger partial charge in [-0.2, -0.15) is 13.2 Å². The third kappa shape index (κ3) is 7.51. The van der Waals surface area contributed by atoms with E-state index < -0.39 is 21.6 Å². The number of hydrogen-bond acceptors (Lipinski definition) is 5. The summed E-state index contributed by atoms with van der Waals surface area (Å²) >= 11 is 0. The summed E-state index contributed by atoms with van der Waals surface area (Å²) in [6.45, 7) is 4.71. The zero-order valence-electron chi connectivity index (χ0n) is 17.3. The van der Waals surface area contributed by atoms with E-state index in [1.807, 2.05) is 0 Å². The van der Waals surface area contributed by atoms with Crippen molar-refractivity contribution in [3.8, 4) is 5.75 Å². The fourth-order valence-corrected chi connectivity index (χ4v) is 4.17. The van der Waals surface area contributed by atoms with E-state index in [0.29, 0.717) is 12.4 Å². The van der Waals surface area contributed by atoms with E-state index in [2.05, 4.69) is 4.90 Å². The standard InChI is InChI=1S/C22H24F3NO4S.ClH/c23-22(24,25)21-5-2-1-4-18(21)10-17-31(27,28)20-8-6-19(7-9-20)30-14-3-11-26-12-15-29-16-13-26;/h1-2,4-10,17H,3,11-16H2;1H/b17-10+;. The van der Waals surface area contributed by atoms with Crippen LogP contribution in [0.15, 0.2) is 58.8 Å².